The zero-order chi connectivity index (χ0) is 33.2. The van der Waals surface area contributed by atoms with Crippen molar-refractivity contribution < 1.29 is 18.6 Å². The summed E-state index contributed by atoms with van der Waals surface area (Å²) in [4.78, 5) is 16.8. The molecular formula is C35H41BrF2N8O2. The minimum Gasteiger partial charge on any atom is -0.508 e. The first kappa shape index (κ1) is 31.6. The molecule has 2 atom stereocenters. The van der Waals surface area contributed by atoms with Gasteiger partial charge in [-0.3, -0.25) is 9.58 Å². The van der Waals surface area contributed by atoms with E-state index in [9.17, 15) is 9.50 Å². The van der Waals surface area contributed by atoms with Crippen molar-refractivity contribution in [1.29, 1.82) is 0 Å². The van der Waals surface area contributed by atoms with Gasteiger partial charge < -0.3 is 25.0 Å². The molecule has 4 aliphatic rings. The second-order valence-corrected chi connectivity index (χ2v) is 14.4. The van der Waals surface area contributed by atoms with Crippen molar-refractivity contribution in [3.05, 3.63) is 57.1 Å². The Morgan fingerprint density at radius 2 is 1.98 bits per heavy atom. The van der Waals surface area contributed by atoms with E-state index in [2.05, 4.69) is 40.6 Å². The number of aryl methyl sites for hydroxylation is 2. The summed E-state index contributed by atoms with van der Waals surface area (Å²) >= 11 is 3.77. The smallest absolute Gasteiger partial charge is 0.318 e. The Morgan fingerprint density at radius 3 is 2.81 bits per heavy atom. The molecule has 6 heterocycles. The number of nitrogens with one attached hydrogen (secondary N) is 1. The van der Waals surface area contributed by atoms with Gasteiger partial charge in [0.15, 0.2) is 5.82 Å². The van der Waals surface area contributed by atoms with E-state index in [1.807, 2.05) is 14.0 Å². The van der Waals surface area contributed by atoms with Crippen LogP contribution in [0, 0.1) is 5.82 Å². The molecule has 2 N–H and O–H groups in total. The Kier molecular flexibility index (Phi) is 8.09. The van der Waals surface area contributed by atoms with Crippen molar-refractivity contribution in [2.45, 2.75) is 76.8 Å². The van der Waals surface area contributed by atoms with E-state index < -0.39 is 6.17 Å². The number of phenols is 1. The maximum absolute atomic E-state index is 15.1. The number of hydrogen-bond acceptors (Lipinski definition) is 9. The van der Waals surface area contributed by atoms with Gasteiger partial charge >= 0.3 is 6.01 Å². The predicted octanol–water partition coefficient (Wildman–Crippen LogP) is 5.97. The van der Waals surface area contributed by atoms with Gasteiger partial charge in [-0.2, -0.15) is 15.1 Å². The van der Waals surface area contributed by atoms with E-state index in [0.717, 1.165) is 88.4 Å². The van der Waals surface area contributed by atoms with Crippen LogP contribution in [0.1, 0.15) is 55.1 Å². The number of phenolic OH excluding ortho intramolecular Hbond substituents is 1. The summed E-state index contributed by atoms with van der Waals surface area (Å²) in [5.74, 6) is 1.55. The van der Waals surface area contributed by atoms with Crippen molar-refractivity contribution >= 4 is 44.0 Å². The Hall–Kier alpha value is -3.71. The first-order valence-corrected chi connectivity index (χ1v) is 17.8. The molecule has 48 heavy (non-hydrogen) atoms. The van der Waals surface area contributed by atoms with E-state index >= 15 is 4.39 Å². The lowest BCUT2D eigenvalue weighted by Crippen LogP contribution is -2.43. The molecule has 0 amide bonds. The molecular weight excluding hydrogens is 682 g/mol. The van der Waals surface area contributed by atoms with Crippen LogP contribution in [0.5, 0.6) is 11.8 Å². The molecule has 0 spiro atoms. The predicted molar refractivity (Wildman–Crippen MR) is 185 cm³/mol. The van der Waals surface area contributed by atoms with E-state index in [4.69, 9.17) is 19.8 Å². The second kappa shape index (κ2) is 12.3. The molecule has 4 aromatic rings. The quantitative estimate of drug-likeness (QED) is 0.240. The molecule has 2 saturated heterocycles. The summed E-state index contributed by atoms with van der Waals surface area (Å²) in [5.41, 5.74) is 4.08. The first-order valence-electron chi connectivity index (χ1n) is 17.1. The topological polar surface area (TPSA) is 94.8 Å². The molecule has 0 bridgehead atoms. The van der Waals surface area contributed by atoms with Crippen LogP contribution in [-0.4, -0.2) is 81.3 Å². The standard InChI is InChI=1S/C35H41BrF2N8O2/c1-3-24-26(38)7-6-21-14-23(47)15-28(30(21)24)43-13-8-25-27(18-43)40-34(48-20-35-9-4-11-45(35)17-22(37)16-35)41-33(25)44-10-5-12-46-29(19-44)31(36)32(39-2)42-46/h6-7,14-15,22,47H,3-5,8-13,16-20H2,1-2H3,(H,39,42)/t22-,35+/m1/s1. The minimum atomic E-state index is -0.847. The fourth-order valence-corrected chi connectivity index (χ4v) is 9.07. The van der Waals surface area contributed by atoms with Gasteiger partial charge in [-0.1, -0.05) is 13.0 Å². The summed E-state index contributed by atoms with van der Waals surface area (Å²) in [7, 11) is 1.87. The van der Waals surface area contributed by atoms with E-state index in [1.54, 1.807) is 18.2 Å². The zero-order valence-electron chi connectivity index (χ0n) is 27.4. The van der Waals surface area contributed by atoms with E-state index in [-0.39, 0.29) is 17.1 Å². The van der Waals surface area contributed by atoms with Gasteiger partial charge in [0.2, 0.25) is 0 Å². The lowest BCUT2D eigenvalue weighted by molar-refractivity contribution is 0.107. The van der Waals surface area contributed by atoms with Crippen molar-refractivity contribution in [2.75, 3.05) is 55.0 Å². The molecule has 4 aliphatic heterocycles. The van der Waals surface area contributed by atoms with Gasteiger partial charge in [-0.05, 0) is 77.7 Å². The Balaban J connectivity index is 1.19. The van der Waals surface area contributed by atoms with Gasteiger partial charge in [0.25, 0.3) is 0 Å². The fourth-order valence-electron chi connectivity index (χ4n) is 8.46. The molecule has 254 valence electrons. The van der Waals surface area contributed by atoms with E-state index in [0.29, 0.717) is 63.6 Å². The third-order valence-corrected chi connectivity index (χ3v) is 11.6. The van der Waals surface area contributed by atoms with Crippen LogP contribution in [-0.2, 0) is 32.5 Å². The molecule has 2 aromatic heterocycles. The lowest BCUT2D eigenvalue weighted by atomic mass is 9.95. The SMILES string of the molecule is CCc1c(F)ccc2cc(O)cc(N3CCc4c(nc(OC[C@@]56CCCN5C[C@H](F)C6)nc4N4CCCn5nc(NC)c(Br)c5C4)C3)c12. The molecule has 2 aromatic carbocycles. The third-order valence-electron chi connectivity index (χ3n) is 10.7. The van der Waals surface area contributed by atoms with Gasteiger partial charge in [0, 0.05) is 62.4 Å². The van der Waals surface area contributed by atoms with Crippen molar-refractivity contribution in [3.8, 4) is 11.8 Å². The first-order chi connectivity index (χ1) is 23.3. The number of benzene rings is 2. The number of anilines is 3. The second-order valence-electron chi connectivity index (χ2n) is 13.6. The Bertz CT molecular complexity index is 1890. The highest BCUT2D eigenvalue weighted by Gasteiger charge is 2.49. The largest absolute Gasteiger partial charge is 0.508 e. The molecule has 2 fully saturated rings. The van der Waals surface area contributed by atoms with E-state index in [1.165, 1.54) is 6.07 Å². The lowest BCUT2D eigenvalue weighted by Gasteiger charge is -2.35. The molecule has 0 aliphatic carbocycles. The summed E-state index contributed by atoms with van der Waals surface area (Å²) in [6, 6.07) is 6.93. The highest BCUT2D eigenvalue weighted by atomic mass is 79.9. The number of hydrogen-bond donors (Lipinski definition) is 2. The molecule has 8 rings (SSSR count). The number of aromatic hydroxyl groups is 1. The monoisotopic (exact) mass is 722 g/mol. The average molecular weight is 724 g/mol. The maximum Gasteiger partial charge on any atom is 0.318 e. The summed E-state index contributed by atoms with van der Waals surface area (Å²) < 4.78 is 39.1. The maximum atomic E-state index is 15.1. The van der Waals surface area contributed by atoms with Crippen LogP contribution in [0.2, 0.25) is 0 Å². The molecule has 10 nitrogen and oxygen atoms in total. The van der Waals surface area contributed by atoms with Gasteiger partial charge in [0.05, 0.1) is 34.5 Å². The van der Waals surface area contributed by atoms with Crippen molar-refractivity contribution in [2.24, 2.45) is 0 Å². The summed E-state index contributed by atoms with van der Waals surface area (Å²) in [6.07, 6.45) is 3.64. The highest BCUT2D eigenvalue weighted by Crippen LogP contribution is 2.42. The van der Waals surface area contributed by atoms with Gasteiger partial charge in [-0.25, -0.2) is 8.78 Å². The number of aromatic nitrogens is 4. The van der Waals surface area contributed by atoms with Crippen molar-refractivity contribution in [3.63, 3.8) is 0 Å². The molecule has 0 unspecified atom stereocenters. The molecule has 0 radical (unpaired) electrons. The highest BCUT2D eigenvalue weighted by molar-refractivity contribution is 9.10. The normalized spacial score (nSPS) is 22.5. The van der Waals surface area contributed by atoms with Crippen LogP contribution in [0.3, 0.4) is 0 Å². The number of fused-ring (bicyclic) bond motifs is 4. The third kappa shape index (κ3) is 5.33. The summed E-state index contributed by atoms with van der Waals surface area (Å²) in [6.45, 7) is 6.92. The number of alkyl halides is 1. The van der Waals surface area contributed by atoms with Crippen LogP contribution in [0.4, 0.5) is 26.1 Å². The van der Waals surface area contributed by atoms with Crippen LogP contribution < -0.4 is 19.9 Å². The van der Waals surface area contributed by atoms with Crippen LogP contribution in [0.15, 0.2) is 28.7 Å². The Morgan fingerprint density at radius 1 is 1.10 bits per heavy atom. The van der Waals surface area contributed by atoms with Crippen LogP contribution >= 0.6 is 15.9 Å². The fraction of sp³-hybridized carbons (Fsp3) is 0.514. The van der Waals surface area contributed by atoms with Gasteiger partial charge in [0.1, 0.15) is 30.2 Å². The number of rotatable bonds is 7. The summed E-state index contributed by atoms with van der Waals surface area (Å²) in [5, 5.41) is 20.3. The zero-order valence-corrected chi connectivity index (χ0v) is 29.0. The molecule has 0 saturated carbocycles. The minimum absolute atomic E-state index is 0.139. The number of ether oxygens (including phenoxy) is 1. The number of halogens is 3. The molecule has 13 heteroatoms. The van der Waals surface area contributed by atoms with Gasteiger partial charge in [-0.15, -0.1) is 0 Å². The van der Waals surface area contributed by atoms with Crippen LogP contribution in [0.25, 0.3) is 10.8 Å². The number of nitrogens with zero attached hydrogens (tertiary/aromatic N) is 7. The average Bonchev–Trinajstić information content (AvgIpc) is 3.65. The van der Waals surface area contributed by atoms with Crippen molar-refractivity contribution in [1.82, 2.24) is 24.6 Å². The Labute approximate surface area is 287 Å².